The van der Waals surface area contributed by atoms with Gasteiger partial charge in [-0.15, -0.1) is 0 Å². The van der Waals surface area contributed by atoms with Crippen LogP contribution in [0.2, 0.25) is 0 Å². The van der Waals surface area contributed by atoms with E-state index in [4.69, 9.17) is 9.84 Å². The number of carbonyl (C=O) groups is 1. The molecule has 1 atom stereocenters. The van der Waals surface area contributed by atoms with E-state index >= 15 is 0 Å². The maximum absolute atomic E-state index is 12.4. The molecule has 0 radical (unpaired) electrons. The van der Waals surface area contributed by atoms with Crippen molar-refractivity contribution in [1.82, 2.24) is 15.1 Å². The van der Waals surface area contributed by atoms with Crippen LogP contribution >= 0.6 is 0 Å². The smallest absolute Gasteiger partial charge is 0.257 e. The van der Waals surface area contributed by atoms with Gasteiger partial charge in [0.1, 0.15) is 0 Å². The largest absolute Gasteiger partial charge is 0.394 e. The Bertz CT molecular complexity index is 443. The highest BCUT2D eigenvalue weighted by atomic mass is 16.5. The van der Waals surface area contributed by atoms with Crippen LogP contribution in [0.5, 0.6) is 0 Å². The zero-order chi connectivity index (χ0) is 14.5. The number of aromatic nitrogens is 2. The number of likely N-dealkylation sites (N-methyl/N-ethyl adjacent to an activating group) is 1. The van der Waals surface area contributed by atoms with Crippen molar-refractivity contribution < 1.29 is 19.7 Å². The minimum atomic E-state index is -0.928. The fourth-order valence-electron chi connectivity index (χ4n) is 2.43. The van der Waals surface area contributed by atoms with Crippen LogP contribution in [0.15, 0.2) is 6.20 Å². The van der Waals surface area contributed by atoms with Crippen molar-refractivity contribution >= 4 is 5.91 Å². The Morgan fingerprint density at radius 3 is 2.95 bits per heavy atom. The fraction of sp³-hybridized carbons (Fsp3) is 0.692. The summed E-state index contributed by atoms with van der Waals surface area (Å²) in [7, 11) is 1.60. The summed E-state index contributed by atoms with van der Waals surface area (Å²) < 4.78 is 5.32. The van der Waals surface area contributed by atoms with E-state index in [1.54, 1.807) is 7.05 Å². The van der Waals surface area contributed by atoms with Gasteiger partial charge in [0.2, 0.25) is 0 Å². The second kappa shape index (κ2) is 6.83. The van der Waals surface area contributed by atoms with Crippen LogP contribution < -0.4 is 0 Å². The molecule has 1 aromatic rings. The molecular formula is C13H21N3O4. The van der Waals surface area contributed by atoms with Gasteiger partial charge in [0.05, 0.1) is 30.2 Å². The standard InChI is InChI=1S/C13H21N3O4/c1-16(7-10(18)8-17)13(19)11-6-14-15-12(11)9-2-4-20-5-3-9/h6,9-10,17-18H,2-5,7-8H2,1H3,(H,14,15)/t10-/m0/s1. The summed E-state index contributed by atoms with van der Waals surface area (Å²) in [5.74, 6) is 0.0501. The van der Waals surface area contributed by atoms with Crippen molar-refractivity contribution in [3.63, 3.8) is 0 Å². The normalized spacial score (nSPS) is 17.9. The van der Waals surface area contributed by atoms with Crippen LogP contribution in [0.3, 0.4) is 0 Å². The summed E-state index contributed by atoms with van der Waals surface area (Å²) in [6.45, 7) is 1.11. The van der Waals surface area contributed by atoms with E-state index in [1.807, 2.05) is 0 Å². The van der Waals surface area contributed by atoms with Crippen LogP contribution in [-0.4, -0.2) is 70.7 Å². The monoisotopic (exact) mass is 283 g/mol. The first-order valence-electron chi connectivity index (χ1n) is 6.79. The number of aliphatic hydroxyl groups is 2. The number of hydrogen-bond acceptors (Lipinski definition) is 5. The van der Waals surface area contributed by atoms with Crippen LogP contribution in [0, 0.1) is 0 Å². The lowest BCUT2D eigenvalue weighted by atomic mass is 9.93. The Balaban J connectivity index is 2.08. The number of amides is 1. The maximum atomic E-state index is 12.4. The molecule has 0 saturated carbocycles. The molecule has 1 aromatic heterocycles. The third-order valence-corrected chi connectivity index (χ3v) is 3.57. The zero-order valence-electron chi connectivity index (χ0n) is 11.6. The van der Waals surface area contributed by atoms with Gasteiger partial charge in [-0.2, -0.15) is 5.10 Å². The van der Waals surface area contributed by atoms with Crippen LogP contribution in [0.1, 0.15) is 34.8 Å². The molecule has 20 heavy (non-hydrogen) atoms. The fourth-order valence-corrected chi connectivity index (χ4v) is 2.43. The lowest BCUT2D eigenvalue weighted by molar-refractivity contribution is 0.0516. The summed E-state index contributed by atoms with van der Waals surface area (Å²) in [5, 5.41) is 25.1. The summed E-state index contributed by atoms with van der Waals surface area (Å²) in [4.78, 5) is 13.8. The van der Waals surface area contributed by atoms with Crippen molar-refractivity contribution in [3.8, 4) is 0 Å². The SMILES string of the molecule is CN(C[C@H](O)CO)C(=O)c1cn[nH]c1C1CCOCC1. The van der Waals surface area contributed by atoms with Crippen molar-refractivity contribution in [1.29, 1.82) is 0 Å². The lowest BCUT2D eigenvalue weighted by Crippen LogP contribution is -2.36. The molecule has 1 aliphatic rings. The number of nitrogens with zero attached hydrogens (tertiary/aromatic N) is 2. The van der Waals surface area contributed by atoms with Gasteiger partial charge in [-0.25, -0.2) is 0 Å². The molecule has 112 valence electrons. The number of aromatic amines is 1. The van der Waals surface area contributed by atoms with Gasteiger partial charge in [0, 0.05) is 32.7 Å². The third-order valence-electron chi connectivity index (χ3n) is 3.57. The molecule has 0 bridgehead atoms. The van der Waals surface area contributed by atoms with Gasteiger partial charge < -0.3 is 19.8 Å². The Hall–Kier alpha value is -1.44. The van der Waals surface area contributed by atoms with Gasteiger partial charge in [-0.1, -0.05) is 0 Å². The highest BCUT2D eigenvalue weighted by Crippen LogP contribution is 2.28. The second-order valence-corrected chi connectivity index (χ2v) is 5.11. The molecule has 0 spiro atoms. The van der Waals surface area contributed by atoms with Crippen molar-refractivity contribution in [2.75, 3.05) is 33.4 Å². The average molecular weight is 283 g/mol. The van der Waals surface area contributed by atoms with E-state index in [9.17, 15) is 9.90 Å². The lowest BCUT2D eigenvalue weighted by Gasteiger charge is -2.24. The van der Waals surface area contributed by atoms with Crippen LogP contribution in [0.4, 0.5) is 0 Å². The zero-order valence-corrected chi connectivity index (χ0v) is 11.6. The van der Waals surface area contributed by atoms with Gasteiger partial charge in [0.15, 0.2) is 0 Å². The van der Waals surface area contributed by atoms with E-state index in [0.29, 0.717) is 18.8 Å². The number of hydrogen-bond donors (Lipinski definition) is 3. The maximum Gasteiger partial charge on any atom is 0.257 e. The van der Waals surface area contributed by atoms with Gasteiger partial charge in [-0.3, -0.25) is 9.89 Å². The first-order chi connectivity index (χ1) is 9.63. The first kappa shape index (κ1) is 15.0. The molecule has 1 aliphatic heterocycles. The Morgan fingerprint density at radius 1 is 1.60 bits per heavy atom. The molecule has 1 amide bonds. The number of H-pyrrole nitrogens is 1. The van der Waals surface area contributed by atoms with Crippen molar-refractivity contribution in [2.45, 2.75) is 24.9 Å². The summed E-state index contributed by atoms with van der Waals surface area (Å²) >= 11 is 0. The van der Waals surface area contributed by atoms with E-state index in [-0.39, 0.29) is 25.0 Å². The number of ether oxygens (including phenoxy) is 1. The minimum absolute atomic E-state index is 0.0910. The number of carbonyl (C=O) groups excluding carboxylic acids is 1. The van der Waals surface area contributed by atoms with E-state index < -0.39 is 6.10 Å². The predicted molar refractivity (Wildman–Crippen MR) is 71.4 cm³/mol. The molecule has 2 rings (SSSR count). The Labute approximate surface area is 117 Å². The number of rotatable bonds is 5. The summed E-state index contributed by atoms with van der Waals surface area (Å²) in [6, 6.07) is 0. The van der Waals surface area contributed by atoms with Gasteiger partial charge >= 0.3 is 0 Å². The highest BCUT2D eigenvalue weighted by Gasteiger charge is 2.25. The van der Waals surface area contributed by atoms with Crippen molar-refractivity contribution in [2.24, 2.45) is 0 Å². The van der Waals surface area contributed by atoms with Gasteiger partial charge in [-0.05, 0) is 12.8 Å². The van der Waals surface area contributed by atoms with E-state index in [0.717, 1.165) is 18.5 Å². The molecule has 0 aromatic carbocycles. The van der Waals surface area contributed by atoms with E-state index in [1.165, 1.54) is 11.1 Å². The number of nitrogens with one attached hydrogen (secondary N) is 1. The molecule has 2 heterocycles. The highest BCUT2D eigenvalue weighted by molar-refractivity contribution is 5.95. The Kier molecular flexibility index (Phi) is 5.11. The molecule has 7 nitrogen and oxygen atoms in total. The molecule has 1 fully saturated rings. The topological polar surface area (TPSA) is 98.7 Å². The first-order valence-corrected chi connectivity index (χ1v) is 6.79. The number of aliphatic hydroxyl groups excluding tert-OH is 2. The van der Waals surface area contributed by atoms with Crippen LogP contribution in [-0.2, 0) is 4.74 Å². The molecular weight excluding hydrogens is 262 g/mol. The van der Waals surface area contributed by atoms with Crippen molar-refractivity contribution in [3.05, 3.63) is 17.5 Å². The minimum Gasteiger partial charge on any atom is -0.394 e. The molecule has 0 unspecified atom stereocenters. The third kappa shape index (κ3) is 3.36. The van der Waals surface area contributed by atoms with Gasteiger partial charge in [0.25, 0.3) is 5.91 Å². The van der Waals surface area contributed by atoms with E-state index in [2.05, 4.69) is 10.2 Å². The predicted octanol–water partition coefficient (Wildman–Crippen LogP) is -0.271. The van der Waals surface area contributed by atoms with Crippen LogP contribution in [0.25, 0.3) is 0 Å². The quantitative estimate of drug-likeness (QED) is 0.691. The summed E-state index contributed by atoms with van der Waals surface area (Å²) in [6.07, 6.45) is 2.33. The molecule has 3 N–H and O–H groups in total. The summed E-state index contributed by atoms with van der Waals surface area (Å²) in [5.41, 5.74) is 1.37. The average Bonchev–Trinajstić information content (AvgIpc) is 2.96. The molecule has 1 saturated heterocycles. The molecule has 0 aliphatic carbocycles. The molecule has 7 heteroatoms. The second-order valence-electron chi connectivity index (χ2n) is 5.11. The Morgan fingerprint density at radius 2 is 2.30 bits per heavy atom.